The first-order valence-corrected chi connectivity index (χ1v) is 9.93. The molecule has 2 aromatic carbocycles. The van der Waals surface area contributed by atoms with Crippen LogP contribution in [-0.4, -0.2) is 28.2 Å². The highest BCUT2D eigenvalue weighted by atomic mass is 35.5. The molecule has 0 aromatic heterocycles. The SMILES string of the molecule is CC(C)CC(=O)C1=C(O)C(=O)N(CCc2ccc(F)cc2)C1c1ccc(Cl)cc1. The number of aliphatic hydroxyl groups excluding tert-OH is 1. The van der Waals surface area contributed by atoms with E-state index < -0.39 is 17.7 Å². The molecule has 3 rings (SSSR count). The van der Waals surface area contributed by atoms with Gasteiger partial charge in [0.1, 0.15) is 5.82 Å². The van der Waals surface area contributed by atoms with Crippen LogP contribution in [0, 0.1) is 11.7 Å². The molecule has 1 heterocycles. The van der Waals surface area contributed by atoms with Crippen LogP contribution in [0.5, 0.6) is 0 Å². The number of hydrogen-bond acceptors (Lipinski definition) is 3. The lowest BCUT2D eigenvalue weighted by molar-refractivity contribution is -0.129. The van der Waals surface area contributed by atoms with E-state index >= 15 is 0 Å². The molecule has 4 nitrogen and oxygen atoms in total. The second kappa shape index (κ2) is 8.78. The Morgan fingerprint density at radius 2 is 1.76 bits per heavy atom. The van der Waals surface area contributed by atoms with E-state index in [0.717, 1.165) is 5.56 Å². The van der Waals surface area contributed by atoms with E-state index in [1.165, 1.54) is 17.0 Å². The highest BCUT2D eigenvalue weighted by molar-refractivity contribution is 6.30. The van der Waals surface area contributed by atoms with Crippen molar-refractivity contribution in [1.82, 2.24) is 4.90 Å². The molecular weight excluding hydrogens is 393 g/mol. The molecule has 1 unspecified atom stereocenters. The third-order valence-corrected chi connectivity index (χ3v) is 5.19. The quantitative estimate of drug-likeness (QED) is 0.689. The average molecular weight is 416 g/mol. The Morgan fingerprint density at radius 1 is 1.14 bits per heavy atom. The predicted molar refractivity (Wildman–Crippen MR) is 110 cm³/mol. The van der Waals surface area contributed by atoms with Gasteiger partial charge >= 0.3 is 0 Å². The van der Waals surface area contributed by atoms with Crippen molar-refractivity contribution >= 4 is 23.3 Å². The summed E-state index contributed by atoms with van der Waals surface area (Å²) in [6, 6.07) is 12.3. The summed E-state index contributed by atoms with van der Waals surface area (Å²) in [6.45, 7) is 4.10. The van der Waals surface area contributed by atoms with Crippen LogP contribution in [0.2, 0.25) is 5.02 Å². The number of carbonyl (C=O) groups is 2. The first-order valence-electron chi connectivity index (χ1n) is 9.55. The van der Waals surface area contributed by atoms with E-state index in [4.69, 9.17) is 11.6 Å². The molecule has 0 saturated heterocycles. The summed E-state index contributed by atoms with van der Waals surface area (Å²) in [4.78, 5) is 27.2. The lowest BCUT2D eigenvalue weighted by atomic mass is 9.92. The van der Waals surface area contributed by atoms with Crippen molar-refractivity contribution in [2.45, 2.75) is 32.7 Å². The van der Waals surface area contributed by atoms with Gasteiger partial charge in [0.15, 0.2) is 11.5 Å². The molecule has 1 aliphatic rings. The standard InChI is InChI=1S/C23H23ClFNO3/c1-14(2)13-19(27)20-21(16-5-7-17(24)8-6-16)26(23(29)22(20)28)12-11-15-3-9-18(25)10-4-15/h3-10,14,21,28H,11-13H2,1-2H3. The number of nitrogens with zero attached hydrogens (tertiary/aromatic N) is 1. The Labute approximate surface area is 174 Å². The van der Waals surface area contributed by atoms with Gasteiger partial charge in [-0.25, -0.2) is 4.39 Å². The Morgan fingerprint density at radius 3 is 2.34 bits per heavy atom. The molecule has 152 valence electrons. The van der Waals surface area contributed by atoms with Gasteiger partial charge in [0.05, 0.1) is 11.6 Å². The summed E-state index contributed by atoms with van der Waals surface area (Å²) < 4.78 is 13.1. The average Bonchev–Trinajstić information content (AvgIpc) is 2.92. The minimum Gasteiger partial charge on any atom is -0.503 e. The number of amides is 1. The molecule has 0 bridgehead atoms. The lowest BCUT2D eigenvalue weighted by Gasteiger charge is -2.27. The van der Waals surface area contributed by atoms with Crippen LogP contribution < -0.4 is 0 Å². The van der Waals surface area contributed by atoms with Gasteiger partial charge in [-0.15, -0.1) is 0 Å². The van der Waals surface area contributed by atoms with Crippen LogP contribution in [0.3, 0.4) is 0 Å². The lowest BCUT2D eigenvalue weighted by Crippen LogP contribution is -2.33. The number of benzene rings is 2. The number of halogens is 2. The molecule has 6 heteroatoms. The van der Waals surface area contributed by atoms with Gasteiger partial charge in [-0.2, -0.15) is 0 Å². The fraction of sp³-hybridized carbons (Fsp3) is 0.304. The molecule has 1 atom stereocenters. The first-order chi connectivity index (χ1) is 13.8. The fourth-order valence-electron chi connectivity index (χ4n) is 3.54. The van der Waals surface area contributed by atoms with E-state index in [0.29, 0.717) is 17.0 Å². The maximum Gasteiger partial charge on any atom is 0.290 e. The molecule has 0 radical (unpaired) electrons. The van der Waals surface area contributed by atoms with Gasteiger partial charge in [-0.1, -0.05) is 49.7 Å². The summed E-state index contributed by atoms with van der Waals surface area (Å²) >= 11 is 5.99. The predicted octanol–water partition coefficient (Wildman–Crippen LogP) is 5.03. The molecule has 0 fully saturated rings. The summed E-state index contributed by atoms with van der Waals surface area (Å²) in [5, 5.41) is 11.1. The van der Waals surface area contributed by atoms with E-state index in [1.54, 1.807) is 36.4 Å². The van der Waals surface area contributed by atoms with Gasteiger partial charge in [0.2, 0.25) is 0 Å². The normalized spacial score (nSPS) is 16.8. The molecule has 29 heavy (non-hydrogen) atoms. The van der Waals surface area contributed by atoms with Crippen molar-refractivity contribution < 1.29 is 19.1 Å². The fourth-order valence-corrected chi connectivity index (χ4v) is 3.67. The Balaban J connectivity index is 1.93. The van der Waals surface area contributed by atoms with E-state index in [9.17, 15) is 19.1 Å². The Hall–Kier alpha value is -2.66. The monoisotopic (exact) mass is 415 g/mol. The minimum absolute atomic E-state index is 0.0945. The summed E-state index contributed by atoms with van der Waals surface area (Å²) in [6.07, 6.45) is 0.706. The van der Waals surface area contributed by atoms with Crippen molar-refractivity contribution in [3.05, 3.63) is 81.8 Å². The second-order valence-corrected chi connectivity index (χ2v) is 8.05. The largest absolute Gasteiger partial charge is 0.503 e. The minimum atomic E-state index is -0.675. The molecule has 0 spiro atoms. The Kier molecular flexibility index (Phi) is 6.38. The number of ketones is 1. The highest BCUT2D eigenvalue weighted by Gasteiger charge is 2.43. The molecule has 0 aliphatic carbocycles. The van der Waals surface area contributed by atoms with Gasteiger partial charge in [0.25, 0.3) is 5.91 Å². The molecular formula is C23H23ClFNO3. The third kappa shape index (κ3) is 4.67. The van der Waals surface area contributed by atoms with Crippen LogP contribution in [0.1, 0.15) is 37.4 Å². The van der Waals surface area contributed by atoms with E-state index in [2.05, 4.69) is 0 Å². The second-order valence-electron chi connectivity index (χ2n) is 7.61. The number of aliphatic hydroxyl groups is 1. The number of carbonyl (C=O) groups excluding carboxylic acids is 2. The zero-order valence-corrected chi connectivity index (χ0v) is 17.1. The number of hydrogen-bond donors (Lipinski definition) is 1. The third-order valence-electron chi connectivity index (χ3n) is 4.94. The summed E-state index contributed by atoms with van der Waals surface area (Å²) in [7, 11) is 0. The number of Topliss-reactive ketones (excluding diaryl/α,β-unsaturated/α-hetero) is 1. The van der Waals surface area contributed by atoms with Crippen LogP contribution >= 0.6 is 11.6 Å². The van der Waals surface area contributed by atoms with Crippen molar-refractivity contribution in [2.24, 2.45) is 5.92 Å². The molecule has 0 saturated carbocycles. The van der Waals surface area contributed by atoms with Gasteiger partial charge in [-0.3, -0.25) is 9.59 Å². The molecule has 1 N–H and O–H groups in total. The smallest absolute Gasteiger partial charge is 0.290 e. The van der Waals surface area contributed by atoms with E-state index in [-0.39, 0.29) is 36.1 Å². The summed E-state index contributed by atoms with van der Waals surface area (Å²) in [5.41, 5.74) is 1.69. The zero-order valence-electron chi connectivity index (χ0n) is 16.4. The maximum absolute atomic E-state index is 13.1. The van der Waals surface area contributed by atoms with E-state index in [1.807, 2.05) is 13.8 Å². The maximum atomic E-state index is 13.1. The van der Waals surface area contributed by atoms with Crippen molar-refractivity contribution in [2.75, 3.05) is 6.54 Å². The Bertz CT molecular complexity index is 936. The number of rotatable bonds is 7. The zero-order chi connectivity index (χ0) is 21.1. The van der Waals surface area contributed by atoms with Gasteiger partial charge < -0.3 is 10.0 Å². The van der Waals surface area contributed by atoms with Crippen molar-refractivity contribution in [1.29, 1.82) is 0 Å². The van der Waals surface area contributed by atoms with Crippen LogP contribution in [0.25, 0.3) is 0 Å². The topological polar surface area (TPSA) is 57.6 Å². The molecule has 1 aliphatic heterocycles. The van der Waals surface area contributed by atoms with Gasteiger partial charge in [0, 0.05) is 18.0 Å². The molecule has 2 aromatic rings. The molecule has 1 amide bonds. The highest BCUT2D eigenvalue weighted by Crippen LogP contribution is 2.39. The van der Waals surface area contributed by atoms with Crippen molar-refractivity contribution in [3.8, 4) is 0 Å². The first kappa shape index (κ1) is 21.1. The van der Waals surface area contributed by atoms with Gasteiger partial charge in [-0.05, 0) is 47.7 Å². The van der Waals surface area contributed by atoms with Crippen LogP contribution in [0.15, 0.2) is 59.9 Å². The van der Waals surface area contributed by atoms with Crippen LogP contribution in [0.4, 0.5) is 4.39 Å². The van der Waals surface area contributed by atoms with Crippen LogP contribution in [-0.2, 0) is 16.0 Å². The van der Waals surface area contributed by atoms with Crippen molar-refractivity contribution in [3.63, 3.8) is 0 Å². The summed E-state index contributed by atoms with van der Waals surface area (Å²) in [5.74, 6) is -1.54.